The highest BCUT2D eigenvalue weighted by atomic mass is 16.6. The highest BCUT2D eigenvalue weighted by Crippen LogP contribution is 1.78. The van der Waals surface area contributed by atoms with Gasteiger partial charge >= 0.3 is 5.97 Å². The Balaban J connectivity index is 0. The van der Waals surface area contributed by atoms with E-state index in [9.17, 15) is 4.79 Å². The Hall–Kier alpha value is -1.09. The van der Waals surface area contributed by atoms with Gasteiger partial charge in [-0.15, -0.1) is 13.2 Å². The molecule has 3 heteroatoms. The highest BCUT2D eigenvalue weighted by molar-refractivity contribution is 5.81. The molecule has 0 N–H and O–H groups in total. The molecular formula is C8H14O3. The van der Waals surface area contributed by atoms with Crippen LogP contribution in [0.1, 0.15) is 0 Å². The molecule has 0 radical (unpaired) electrons. The Morgan fingerprint density at radius 3 is 2.36 bits per heavy atom. The summed E-state index contributed by atoms with van der Waals surface area (Å²) in [4.78, 5) is 10.3. The van der Waals surface area contributed by atoms with Crippen molar-refractivity contribution in [1.29, 1.82) is 0 Å². The molecule has 3 nitrogen and oxygen atoms in total. The molecule has 0 aliphatic rings. The van der Waals surface area contributed by atoms with Crippen LogP contribution < -0.4 is 0 Å². The third-order valence-electron chi connectivity index (χ3n) is 0.698. The van der Waals surface area contributed by atoms with Gasteiger partial charge in [-0.25, -0.2) is 4.79 Å². The van der Waals surface area contributed by atoms with E-state index in [-0.39, 0.29) is 0 Å². The molecule has 0 saturated carbocycles. The summed E-state index contributed by atoms with van der Waals surface area (Å²) in [5.74, 6) is -0.410. The fourth-order valence-electron chi connectivity index (χ4n) is 0.285. The molecule has 0 atom stereocenters. The van der Waals surface area contributed by atoms with Crippen molar-refractivity contribution in [2.45, 2.75) is 0 Å². The highest BCUT2D eigenvalue weighted by Gasteiger charge is 1.91. The smallest absolute Gasteiger partial charge is 0.330 e. The summed E-state index contributed by atoms with van der Waals surface area (Å²) in [5.41, 5.74) is 0. The second-order valence-corrected chi connectivity index (χ2v) is 1.36. The normalized spacial score (nSPS) is 7.36. The predicted octanol–water partition coefficient (Wildman–Crippen LogP) is 1.16. The van der Waals surface area contributed by atoms with E-state index < -0.39 is 5.97 Å². The van der Waals surface area contributed by atoms with Gasteiger partial charge in [0.1, 0.15) is 6.61 Å². The number of carbonyl (C=O) groups is 1. The molecule has 0 aromatic heterocycles. The van der Waals surface area contributed by atoms with Crippen LogP contribution in [0.25, 0.3) is 0 Å². The lowest BCUT2D eigenvalue weighted by Crippen LogP contribution is -2.06. The molecule has 0 aliphatic carbocycles. The van der Waals surface area contributed by atoms with E-state index in [1.165, 1.54) is 0 Å². The number of hydrogen-bond acceptors (Lipinski definition) is 3. The van der Waals surface area contributed by atoms with Gasteiger partial charge in [-0.05, 0) is 0 Å². The van der Waals surface area contributed by atoms with Crippen molar-refractivity contribution in [1.82, 2.24) is 0 Å². The maximum Gasteiger partial charge on any atom is 0.330 e. The van der Waals surface area contributed by atoms with E-state index in [0.29, 0.717) is 13.2 Å². The monoisotopic (exact) mass is 158 g/mol. The maximum absolute atomic E-state index is 10.3. The van der Waals surface area contributed by atoms with Gasteiger partial charge in [0.05, 0.1) is 6.61 Å². The standard InChI is InChI=1S/C6H10O3.C2H4/c1-3-6(7)9-5-4-8-2;1-2/h3H,1,4-5H2,2H3;1-2H2. The largest absolute Gasteiger partial charge is 0.460 e. The lowest BCUT2D eigenvalue weighted by molar-refractivity contribution is -0.138. The zero-order valence-electron chi connectivity index (χ0n) is 6.84. The molecular weight excluding hydrogens is 144 g/mol. The van der Waals surface area contributed by atoms with Crippen LogP contribution in [0.15, 0.2) is 25.8 Å². The molecule has 64 valence electrons. The summed E-state index contributed by atoms with van der Waals surface area (Å²) >= 11 is 0. The van der Waals surface area contributed by atoms with Gasteiger partial charge in [-0.3, -0.25) is 0 Å². The summed E-state index contributed by atoms with van der Waals surface area (Å²) in [6.07, 6.45) is 1.12. The van der Waals surface area contributed by atoms with Crippen LogP contribution in [-0.2, 0) is 14.3 Å². The maximum atomic E-state index is 10.3. The topological polar surface area (TPSA) is 35.5 Å². The van der Waals surface area contributed by atoms with Gasteiger partial charge in [0.15, 0.2) is 0 Å². The van der Waals surface area contributed by atoms with E-state index in [1.807, 2.05) is 0 Å². The fourth-order valence-corrected chi connectivity index (χ4v) is 0.285. The van der Waals surface area contributed by atoms with Crippen molar-refractivity contribution >= 4 is 5.97 Å². The molecule has 0 aromatic rings. The number of esters is 1. The summed E-state index contributed by atoms with van der Waals surface area (Å²) in [6.45, 7) is 9.95. The molecule has 0 amide bonds. The Kier molecular flexibility index (Phi) is 13.3. The van der Waals surface area contributed by atoms with Gasteiger partial charge in [-0.1, -0.05) is 6.58 Å². The fraction of sp³-hybridized carbons (Fsp3) is 0.375. The Morgan fingerprint density at radius 1 is 1.45 bits per heavy atom. The number of carbonyl (C=O) groups excluding carboxylic acids is 1. The van der Waals surface area contributed by atoms with Crippen LogP contribution in [0.2, 0.25) is 0 Å². The number of methoxy groups -OCH3 is 1. The molecule has 0 bridgehead atoms. The summed E-state index contributed by atoms with van der Waals surface area (Å²) in [7, 11) is 1.54. The molecule has 0 unspecified atom stereocenters. The van der Waals surface area contributed by atoms with Crippen molar-refractivity contribution in [3.05, 3.63) is 25.8 Å². The van der Waals surface area contributed by atoms with Crippen LogP contribution in [-0.4, -0.2) is 26.3 Å². The van der Waals surface area contributed by atoms with Crippen molar-refractivity contribution in [3.8, 4) is 0 Å². The Bertz CT molecular complexity index is 110. The third-order valence-corrected chi connectivity index (χ3v) is 0.698. The van der Waals surface area contributed by atoms with Gasteiger partial charge in [0.2, 0.25) is 0 Å². The first kappa shape index (κ1) is 12.6. The summed E-state index contributed by atoms with van der Waals surface area (Å²) < 4.78 is 9.17. The van der Waals surface area contributed by atoms with Crippen LogP contribution in [0.5, 0.6) is 0 Å². The van der Waals surface area contributed by atoms with E-state index >= 15 is 0 Å². The van der Waals surface area contributed by atoms with Crippen molar-refractivity contribution in [2.75, 3.05) is 20.3 Å². The van der Waals surface area contributed by atoms with Crippen LogP contribution in [0, 0.1) is 0 Å². The van der Waals surface area contributed by atoms with E-state index in [2.05, 4.69) is 29.2 Å². The third kappa shape index (κ3) is 12.2. The minimum atomic E-state index is -0.410. The molecule has 11 heavy (non-hydrogen) atoms. The minimum Gasteiger partial charge on any atom is -0.460 e. The van der Waals surface area contributed by atoms with E-state index in [1.54, 1.807) is 7.11 Å². The van der Waals surface area contributed by atoms with Crippen molar-refractivity contribution in [3.63, 3.8) is 0 Å². The first-order chi connectivity index (χ1) is 5.31. The molecule has 0 heterocycles. The van der Waals surface area contributed by atoms with Gasteiger partial charge in [-0.2, -0.15) is 0 Å². The van der Waals surface area contributed by atoms with Crippen LogP contribution in [0.4, 0.5) is 0 Å². The van der Waals surface area contributed by atoms with E-state index in [4.69, 9.17) is 0 Å². The zero-order chi connectivity index (χ0) is 9.11. The van der Waals surface area contributed by atoms with E-state index in [0.717, 1.165) is 6.08 Å². The van der Waals surface area contributed by atoms with Crippen molar-refractivity contribution < 1.29 is 14.3 Å². The Labute approximate surface area is 67.3 Å². The lowest BCUT2D eigenvalue weighted by atomic mass is 10.6. The first-order valence-electron chi connectivity index (χ1n) is 3.09. The van der Waals surface area contributed by atoms with Gasteiger partial charge in [0.25, 0.3) is 0 Å². The molecule has 0 rings (SSSR count). The number of hydrogen-bond donors (Lipinski definition) is 0. The Morgan fingerprint density at radius 2 is 2.00 bits per heavy atom. The molecule has 0 aliphatic heterocycles. The predicted molar refractivity (Wildman–Crippen MR) is 44.3 cm³/mol. The van der Waals surface area contributed by atoms with Crippen molar-refractivity contribution in [2.24, 2.45) is 0 Å². The lowest BCUT2D eigenvalue weighted by Gasteiger charge is -1.98. The van der Waals surface area contributed by atoms with Gasteiger partial charge in [0, 0.05) is 13.2 Å². The van der Waals surface area contributed by atoms with Crippen LogP contribution >= 0.6 is 0 Å². The molecule has 0 fully saturated rings. The molecule has 0 aromatic carbocycles. The average molecular weight is 158 g/mol. The first-order valence-corrected chi connectivity index (χ1v) is 3.09. The summed E-state index contributed by atoms with van der Waals surface area (Å²) in [5, 5.41) is 0. The van der Waals surface area contributed by atoms with Gasteiger partial charge < -0.3 is 9.47 Å². The second kappa shape index (κ2) is 11.7. The zero-order valence-corrected chi connectivity index (χ0v) is 6.84. The number of ether oxygens (including phenoxy) is 2. The second-order valence-electron chi connectivity index (χ2n) is 1.36. The van der Waals surface area contributed by atoms with Crippen LogP contribution in [0.3, 0.4) is 0 Å². The number of rotatable bonds is 4. The minimum absolute atomic E-state index is 0.293. The molecule has 0 saturated heterocycles. The average Bonchev–Trinajstić information content (AvgIpc) is 2.08. The molecule has 0 spiro atoms. The quantitative estimate of drug-likeness (QED) is 0.266. The SMILES string of the molecule is C=C.C=CC(=O)OCCOC. The summed E-state index contributed by atoms with van der Waals surface area (Å²) in [6, 6.07) is 0.